The van der Waals surface area contributed by atoms with E-state index in [1.807, 2.05) is 0 Å². The fourth-order valence-electron chi connectivity index (χ4n) is 1.45. The molecule has 1 aromatic carbocycles. The zero-order valence-electron chi connectivity index (χ0n) is 9.25. The van der Waals surface area contributed by atoms with Crippen LogP contribution in [0.1, 0.15) is 29.7 Å². The molecule has 2 atom stereocenters. The lowest BCUT2D eigenvalue weighted by molar-refractivity contribution is 0.481. The van der Waals surface area contributed by atoms with Crippen molar-refractivity contribution in [2.24, 2.45) is 17.4 Å². The highest BCUT2D eigenvalue weighted by atomic mass is 14.7. The van der Waals surface area contributed by atoms with Crippen LogP contribution in [-0.2, 0) is 0 Å². The summed E-state index contributed by atoms with van der Waals surface area (Å²) in [5.41, 5.74) is 15.5. The lowest BCUT2D eigenvalue weighted by Gasteiger charge is -2.19. The number of aryl methyl sites for hydroxylation is 2. The Morgan fingerprint density at radius 2 is 1.86 bits per heavy atom. The summed E-state index contributed by atoms with van der Waals surface area (Å²) in [5.74, 6) is 0.331. The summed E-state index contributed by atoms with van der Waals surface area (Å²) < 4.78 is 0. The number of hydrogen-bond acceptors (Lipinski definition) is 2. The van der Waals surface area contributed by atoms with Crippen molar-refractivity contribution < 1.29 is 0 Å². The van der Waals surface area contributed by atoms with Crippen molar-refractivity contribution in [3.63, 3.8) is 0 Å². The maximum absolute atomic E-state index is 6.09. The van der Waals surface area contributed by atoms with Gasteiger partial charge in [-0.25, -0.2) is 0 Å². The molecular weight excluding hydrogens is 172 g/mol. The molecule has 0 amide bonds. The summed E-state index contributed by atoms with van der Waals surface area (Å²) in [7, 11) is 0. The zero-order valence-corrected chi connectivity index (χ0v) is 9.25. The Balaban J connectivity index is 2.91. The van der Waals surface area contributed by atoms with Gasteiger partial charge in [-0.05, 0) is 43.0 Å². The van der Waals surface area contributed by atoms with Crippen LogP contribution >= 0.6 is 0 Å². The molecule has 0 aliphatic heterocycles. The Kier molecular flexibility index (Phi) is 3.67. The van der Waals surface area contributed by atoms with Crippen molar-refractivity contribution in [1.82, 2.24) is 0 Å². The first-order chi connectivity index (χ1) is 6.56. The molecule has 1 aromatic rings. The predicted octanol–water partition coefficient (Wildman–Crippen LogP) is 1.90. The third-order valence-electron chi connectivity index (χ3n) is 2.90. The van der Waals surface area contributed by atoms with E-state index in [-0.39, 0.29) is 6.04 Å². The molecule has 0 saturated carbocycles. The first kappa shape index (κ1) is 11.2. The van der Waals surface area contributed by atoms with E-state index in [2.05, 4.69) is 39.0 Å². The number of hydrogen-bond donors (Lipinski definition) is 2. The van der Waals surface area contributed by atoms with E-state index in [1.54, 1.807) is 0 Å². The second-order valence-electron chi connectivity index (χ2n) is 4.08. The standard InChI is InChI=1S/C12H20N2/c1-8-4-5-11(6-9(8)2)12(14)10(3)7-13/h4-6,10,12H,7,13-14H2,1-3H3. The molecule has 78 valence electrons. The SMILES string of the molecule is Cc1ccc(C(N)C(C)CN)cc1C. The maximum Gasteiger partial charge on any atom is 0.0333 e. The van der Waals surface area contributed by atoms with Gasteiger partial charge in [0.2, 0.25) is 0 Å². The quantitative estimate of drug-likeness (QED) is 0.768. The summed E-state index contributed by atoms with van der Waals surface area (Å²) in [6, 6.07) is 6.43. The van der Waals surface area contributed by atoms with Gasteiger partial charge in [-0.2, -0.15) is 0 Å². The fraction of sp³-hybridized carbons (Fsp3) is 0.500. The summed E-state index contributed by atoms with van der Waals surface area (Å²) in [5, 5.41) is 0. The van der Waals surface area contributed by atoms with Crippen molar-refractivity contribution in [2.45, 2.75) is 26.8 Å². The molecule has 2 unspecified atom stereocenters. The van der Waals surface area contributed by atoms with Crippen LogP contribution in [0.2, 0.25) is 0 Å². The first-order valence-corrected chi connectivity index (χ1v) is 5.09. The molecule has 0 aliphatic carbocycles. The molecule has 0 radical (unpaired) electrons. The van der Waals surface area contributed by atoms with Gasteiger partial charge in [0.15, 0.2) is 0 Å². The summed E-state index contributed by atoms with van der Waals surface area (Å²) >= 11 is 0. The first-order valence-electron chi connectivity index (χ1n) is 5.09. The van der Waals surface area contributed by atoms with Crippen LogP contribution in [-0.4, -0.2) is 6.54 Å². The van der Waals surface area contributed by atoms with Crippen molar-refractivity contribution in [1.29, 1.82) is 0 Å². The fourth-order valence-corrected chi connectivity index (χ4v) is 1.45. The van der Waals surface area contributed by atoms with Gasteiger partial charge in [-0.3, -0.25) is 0 Å². The third-order valence-corrected chi connectivity index (χ3v) is 2.90. The molecule has 0 fully saturated rings. The van der Waals surface area contributed by atoms with Crippen LogP contribution in [0.3, 0.4) is 0 Å². The van der Waals surface area contributed by atoms with Crippen LogP contribution in [0.4, 0.5) is 0 Å². The normalized spacial score (nSPS) is 15.2. The summed E-state index contributed by atoms with van der Waals surface area (Å²) in [4.78, 5) is 0. The van der Waals surface area contributed by atoms with E-state index in [4.69, 9.17) is 11.5 Å². The Bertz CT molecular complexity index is 307. The zero-order chi connectivity index (χ0) is 10.7. The third kappa shape index (κ3) is 2.34. The molecule has 1 rings (SSSR count). The predicted molar refractivity (Wildman–Crippen MR) is 61.1 cm³/mol. The molecule has 0 bridgehead atoms. The molecule has 0 aromatic heterocycles. The van der Waals surface area contributed by atoms with Gasteiger partial charge in [-0.15, -0.1) is 0 Å². The van der Waals surface area contributed by atoms with Crippen LogP contribution in [0.15, 0.2) is 18.2 Å². The van der Waals surface area contributed by atoms with Gasteiger partial charge in [-0.1, -0.05) is 25.1 Å². The minimum absolute atomic E-state index is 0.0549. The summed E-state index contributed by atoms with van der Waals surface area (Å²) in [6.07, 6.45) is 0. The molecule has 4 N–H and O–H groups in total. The monoisotopic (exact) mass is 192 g/mol. The van der Waals surface area contributed by atoms with E-state index in [1.165, 1.54) is 16.7 Å². The number of benzene rings is 1. The van der Waals surface area contributed by atoms with Crippen LogP contribution < -0.4 is 11.5 Å². The molecule has 14 heavy (non-hydrogen) atoms. The van der Waals surface area contributed by atoms with E-state index in [9.17, 15) is 0 Å². The van der Waals surface area contributed by atoms with Gasteiger partial charge in [0.1, 0.15) is 0 Å². The lowest BCUT2D eigenvalue weighted by atomic mass is 9.93. The van der Waals surface area contributed by atoms with E-state index < -0.39 is 0 Å². The minimum atomic E-state index is 0.0549. The summed E-state index contributed by atoms with van der Waals surface area (Å²) in [6.45, 7) is 6.93. The van der Waals surface area contributed by atoms with Crippen LogP contribution in [0.25, 0.3) is 0 Å². The highest BCUT2D eigenvalue weighted by Crippen LogP contribution is 2.20. The Morgan fingerprint density at radius 1 is 1.21 bits per heavy atom. The van der Waals surface area contributed by atoms with Gasteiger partial charge < -0.3 is 11.5 Å². The molecule has 2 heteroatoms. The molecule has 0 spiro atoms. The van der Waals surface area contributed by atoms with Gasteiger partial charge in [0, 0.05) is 6.04 Å². The number of rotatable bonds is 3. The minimum Gasteiger partial charge on any atom is -0.330 e. The van der Waals surface area contributed by atoms with Crippen molar-refractivity contribution in [3.8, 4) is 0 Å². The van der Waals surface area contributed by atoms with E-state index >= 15 is 0 Å². The van der Waals surface area contributed by atoms with Gasteiger partial charge in [0.05, 0.1) is 0 Å². The largest absolute Gasteiger partial charge is 0.330 e. The topological polar surface area (TPSA) is 52.0 Å². The van der Waals surface area contributed by atoms with Gasteiger partial charge >= 0.3 is 0 Å². The average molecular weight is 192 g/mol. The molecular formula is C12H20N2. The molecule has 0 heterocycles. The smallest absolute Gasteiger partial charge is 0.0333 e. The van der Waals surface area contributed by atoms with Crippen molar-refractivity contribution >= 4 is 0 Å². The molecule has 0 saturated heterocycles. The number of nitrogens with two attached hydrogens (primary N) is 2. The van der Waals surface area contributed by atoms with Crippen molar-refractivity contribution in [3.05, 3.63) is 34.9 Å². The molecule has 2 nitrogen and oxygen atoms in total. The lowest BCUT2D eigenvalue weighted by Crippen LogP contribution is -2.25. The van der Waals surface area contributed by atoms with E-state index in [0.717, 1.165) is 0 Å². The van der Waals surface area contributed by atoms with E-state index in [0.29, 0.717) is 12.5 Å². The maximum atomic E-state index is 6.09. The van der Waals surface area contributed by atoms with Crippen LogP contribution in [0, 0.1) is 19.8 Å². The highest BCUT2D eigenvalue weighted by molar-refractivity contribution is 5.31. The Morgan fingerprint density at radius 3 is 2.36 bits per heavy atom. The average Bonchev–Trinajstić information content (AvgIpc) is 2.20. The highest BCUT2D eigenvalue weighted by Gasteiger charge is 2.13. The second-order valence-corrected chi connectivity index (χ2v) is 4.08. The van der Waals surface area contributed by atoms with Crippen molar-refractivity contribution in [2.75, 3.05) is 6.54 Å². The molecule has 0 aliphatic rings. The van der Waals surface area contributed by atoms with Gasteiger partial charge in [0.25, 0.3) is 0 Å². The Labute approximate surface area is 86.3 Å². The second kappa shape index (κ2) is 4.58. The van der Waals surface area contributed by atoms with Crippen LogP contribution in [0.5, 0.6) is 0 Å². The Hall–Kier alpha value is -0.860.